The molecule has 2 N–H and O–H groups in total. The first kappa shape index (κ1) is 12.9. The molecule has 0 aliphatic rings. The summed E-state index contributed by atoms with van der Waals surface area (Å²) in [6.45, 7) is 0. The Morgan fingerprint density at radius 1 is 1.00 bits per heavy atom. The van der Waals surface area contributed by atoms with Gasteiger partial charge in [-0.1, -0.05) is 0 Å². The third-order valence-corrected chi connectivity index (χ3v) is 2.36. The number of carbonyl (C=O) groups excluding carboxylic acids is 1. The quantitative estimate of drug-likeness (QED) is 0.878. The minimum atomic E-state index is -1.18. The second-order valence-corrected chi connectivity index (χ2v) is 3.74. The van der Waals surface area contributed by atoms with Gasteiger partial charge in [0.25, 0.3) is 5.91 Å². The third-order valence-electron chi connectivity index (χ3n) is 2.36. The van der Waals surface area contributed by atoms with Gasteiger partial charge in [-0.25, -0.2) is 13.2 Å². The molecular formula is C13H8F3NO2. The van der Waals surface area contributed by atoms with Crippen molar-refractivity contribution in [3.05, 3.63) is 59.4 Å². The van der Waals surface area contributed by atoms with E-state index >= 15 is 0 Å². The van der Waals surface area contributed by atoms with Crippen molar-refractivity contribution in [3.8, 4) is 5.75 Å². The Morgan fingerprint density at radius 2 is 1.63 bits per heavy atom. The average Bonchev–Trinajstić information content (AvgIpc) is 2.30. The molecule has 0 radical (unpaired) electrons. The smallest absolute Gasteiger partial charge is 0.262 e. The summed E-state index contributed by atoms with van der Waals surface area (Å²) in [6, 6.07) is 5.87. The van der Waals surface area contributed by atoms with Crippen molar-refractivity contribution in [2.45, 2.75) is 0 Å². The number of phenolic OH excluding ortho intramolecular Hbond substituents is 1. The van der Waals surface area contributed by atoms with Crippen molar-refractivity contribution >= 4 is 11.6 Å². The van der Waals surface area contributed by atoms with Crippen LogP contribution in [0.5, 0.6) is 5.75 Å². The maximum atomic E-state index is 13.4. The molecule has 3 nitrogen and oxygen atoms in total. The van der Waals surface area contributed by atoms with Gasteiger partial charge in [-0.15, -0.1) is 0 Å². The van der Waals surface area contributed by atoms with Gasteiger partial charge in [0.2, 0.25) is 0 Å². The number of halogens is 3. The van der Waals surface area contributed by atoms with E-state index in [-0.39, 0.29) is 5.69 Å². The Kier molecular flexibility index (Phi) is 3.41. The van der Waals surface area contributed by atoms with Crippen LogP contribution in [0.2, 0.25) is 0 Å². The lowest BCUT2D eigenvalue weighted by molar-refractivity contribution is 0.102. The largest absolute Gasteiger partial charge is 0.507 e. The molecule has 0 heterocycles. The van der Waals surface area contributed by atoms with Crippen molar-refractivity contribution < 1.29 is 23.1 Å². The molecule has 6 heteroatoms. The van der Waals surface area contributed by atoms with Gasteiger partial charge in [-0.05, 0) is 24.3 Å². The summed E-state index contributed by atoms with van der Waals surface area (Å²) in [4.78, 5) is 11.7. The Balaban J connectivity index is 2.28. The van der Waals surface area contributed by atoms with Crippen LogP contribution >= 0.6 is 0 Å². The number of hydrogen-bond donors (Lipinski definition) is 2. The molecule has 2 aromatic rings. The average molecular weight is 267 g/mol. The summed E-state index contributed by atoms with van der Waals surface area (Å²) in [5.74, 6) is -4.43. The molecule has 0 atom stereocenters. The number of hydrogen-bond acceptors (Lipinski definition) is 2. The maximum absolute atomic E-state index is 13.4. The van der Waals surface area contributed by atoms with E-state index in [1.807, 2.05) is 0 Å². The lowest BCUT2D eigenvalue weighted by Gasteiger charge is -2.08. The number of amides is 1. The fraction of sp³-hybridized carbons (Fsp3) is 0. The summed E-state index contributed by atoms with van der Waals surface area (Å²) < 4.78 is 38.8. The molecule has 1 amide bonds. The van der Waals surface area contributed by atoms with Crippen molar-refractivity contribution in [1.82, 2.24) is 0 Å². The number of aromatic hydroxyl groups is 1. The molecule has 0 aromatic heterocycles. The van der Waals surface area contributed by atoms with Gasteiger partial charge in [0.1, 0.15) is 28.8 Å². The SMILES string of the molecule is O=C(Nc1ccc(F)cc1)c1c(O)cc(F)cc1F. The molecule has 19 heavy (non-hydrogen) atoms. The molecule has 0 saturated heterocycles. The fourth-order valence-electron chi connectivity index (χ4n) is 1.51. The fourth-order valence-corrected chi connectivity index (χ4v) is 1.51. The van der Waals surface area contributed by atoms with Gasteiger partial charge in [0, 0.05) is 17.8 Å². The Hall–Kier alpha value is -2.50. The van der Waals surface area contributed by atoms with Crippen LogP contribution in [0, 0.1) is 17.5 Å². The van der Waals surface area contributed by atoms with E-state index in [2.05, 4.69) is 5.32 Å². The monoisotopic (exact) mass is 267 g/mol. The Labute approximate surface area is 106 Å². The molecular weight excluding hydrogens is 259 g/mol. The highest BCUT2D eigenvalue weighted by molar-refractivity contribution is 6.06. The first-order valence-electron chi connectivity index (χ1n) is 5.22. The van der Waals surface area contributed by atoms with Crippen LogP contribution in [0.4, 0.5) is 18.9 Å². The van der Waals surface area contributed by atoms with Crippen LogP contribution in [0.25, 0.3) is 0 Å². The van der Waals surface area contributed by atoms with Gasteiger partial charge < -0.3 is 10.4 Å². The summed E-state index contributed by atoms with van der Waals surface area (Å²) in [7, 11) is 0. The minimum Gasteiger partial charge on any atom is -0.507 e. The predicted octanol–water partition coefficient (Wildman–Crippen LogP) is 3.06. The number of anilines is 1. The van der Waals surface area contributed by atoms with E-state index in [0.29, 0.717) is 12.1 Å². The van der Waals surface area contributed by atoms with E-state index in [4.69, 9.17) is 0 Å². The maximum Gasteiger partial charge on any atom is 0.262 e. The molecule has 98 valence electrons. The van der Waals surface area contributed by atoms with E-state index < -0.39 is 34.7 Å². The van der Waals surface area contributed by atoms with Crippen molar-refractivity contribution in [1.29, 1.82) is 0 Å². The Morgan fingerprint density at radius 3 is 2.21 bits per heavy atom. The topological polar surface area (TPSA) is 49.3 Å². The Bertz CT molecular complexity index is 603. The number of nitrogens with one attached hydrogen (secondary N) is 1. The normalized spacial score (nSPS) is 10.3. The molecule has 0 unspecified atom stereocenters. The second kappa shape index (κ2) is 5.01. The molecule has 0 aliphatic heterocycles. The summed E-state index contributed by atoms with van der Waals surface area (Å²) >= 11 is 0. The summed E-state index contributed by atoms with van der Waals surface area (Å²) in [5.41, 5.74) is -0.458. The molecule has 0 spiro atoms. The zero-order valence-electron chi connectivity index (χ0n) is 9.45. The molecule has 2 aromatic carbocycles. The van der Waals surface area contributed by atoms with Crippen LogP contribution in [0.3, 0.4) is 0 Å². The van der Waals surface area contributed by atoms with Crippen molar-refractivity contribution in [3.63, 3.8) is 0 Å². The molecule has 2 rings (SSSR count). The predicted molar refractivity (Wildman–Crippen MR) is 62.4 cm³/mol. The van der Waals surface area contributed by atoms with Gasteiger partial charge in [0.15, 0.2) is 0 Å². The van der Waals surface area contributed by atoms with Crippen LogP contribution < -0.4 is 5.32 Å². The van der Waals surface area contributed by atoms with Gasteiger partial charge >= 0.3 is 0 Å². The highest BCUT2D eigenvalue weighted by Gasteiger charge is 2.18. The van der Waals surface area contributed by atoms with E-state index in [0.717, 1.165) is 12.1 Å². The van der Waals surface area contributed by atoms with Gasteiger partial charge in [0.05, 0.1) is 0 Å². The van der Waals surface area contributed by atoms with Crippen molar-refractivity contribution in [2.75, 3.05) is 5.32 Å². The first-order valence-corrected chi connectivity index (χ1v) is 5.22. The minimum absolute atomic E-state index is 0.217. The number of carbonyl (C=O) groups is 1. The van der Waals surface area contributed by atoms with Gasteiger partial charge in [-0.2, -0.15) is 0 Å². The molecule has 0 aliphatic carbocycles. The second-order valence-electron chi connectivity index (χ2n) is 3.74. The highest BCUT2D eigenvalue weighted by atomic mass is 19.1. The zero-order valence-corrected chi connectivity index (χ0v) is 9.45. The van der Waals surface area contributed by atoms with Crippen molar-refractivity contribution in [2.24, 2.45) is 0 Å². The van der Waals surface area contributed by atoms with E-state index in [1.54, 1.807) is 0 Å². The summed E-state index contributed by atoms with van der Waals surface area (Å²) in [6.07, 6.45) is 0. The standard InChI is InChI=1S/C13H8F3NO2/c14-7-1-3-9(4-2-7)17-13(19)12-10(16)5-8(15)6-11(12)18/h1-6,18H,(H,17,19). The first-order chi connectivity index (χ1) is 8.97. The lowest BCUT2D eigenvalue weighted by atomic mass is 10.1. The molecule has 0 saturated carbocycles. The number of benzene rings is 2. The highest BCUT2D eigenvalue weighted by Crippen LogP contribution is 2.23. The number of rotatable bonds is 2. The van der Waals surface area contributed by atoms with E-state index in [1.165, 1.54) is 12.1 Å². The summed E-state index contributed by atoms with van der Waals surface area (Å²) in [5, 5.41) is 11.6. The molecule has 0 fully saturated rings. The van der Waals surface area contributed by atoms with Gasteiger partial charge in [-0.3, -0.25) is 4.79 Å². The lowest BCUT2D eigenvalue weighted by Crippen LogP contribution is -2.14. The van der Waals surface area contributed by atoms with E-state index in [9.17, 15) is 23.1 Å². The van der Waals surface area contributed by atoms with Crippen LogP contribution in [-0.4, -0.2) is 11.0 Å². The third kappa shape index (κ3) is 2.85. The zero-order chi connectivity index (χ0) is 14.0. The van der Waals surface area contributed by atoms with Crippen LogP contribution in [-0.2, 0) is 0 Å². The number of phenols is 1. The van der Waals surface area contributed by atoms with Crippen LogP contribution in [0.1, 0.15) is 10.4 Å². The van der Waals surface area contributed by atoms with Crippen LogP contribution in [0.15, 0.2) is 36.4 Å². The molecule has 0 bridgehead atoms.